The second-order valence-corrected chi connectivity index (χ2v) is 11.3. The predicted octanol–water partition coefficient (Wildman–Crippen LogP) is 7.21. The van der Waals surface area contributed by atoms with Crippen LogP contribution >= 0.6 is 46.3 Å². The number of carbonyl (C=O) groups excluding carboxylic acids is 2. The fraction of sp³-hybridized carbons (Fsp3) is 0.214. The number of benzene rings is 2. The SMILES string of the molecule is C=CCn1c(COc2ccc(Cl)cc2Cl)nnc1SCC(=O)Nc1scc(-c2cc(C)ccc2C)c1C(=O)OC. The van der Waals surface area contributed by atoms with E-state index in [1.807, 2.05) is 37.4 Å². The Kier molecular flexibility index (Phi) is 9.91. The van der Waals surface area contributed by atoms with Gasteiger partial charge in [-0.2, -0.15) is 0 Å². The maximum Gasteiger partial charge on any atom is 0.341 e. The summed E-state index contributed by atoms with van der Waals surface area (Å²) in [5.41, 5.74) is 4.04. The van der Waals surface area contributed by atoms with Gasteiger partial charge < -0.3 is 14.8 Å². The molecule has 8 nitrogen and oxygen atoms in total. The number of aromatic nitrogens is 3. The number of nitrogens with zero attached hydrogens (tertiary/aromatic N) is 3. The van der Waals surface area contributed by atoms with E-state index in [0.717, 1.165) is 22.3 Å². The number of amides is 1. The molecular weight excluding hydrogens is 591 g/mol. The van der Waals surface area contributed by atoms with Crippen molar-refractivity contribution in [3.05, 3.63) is 87.0 Å². The molecule has 40 heavy (non-hydrogen) atoms. The molecule has 0 aliphatic carbocycles. The first kappa shape index (κ1) is 29.7. The molecule has 0 saturated heterocycles. The van der Waals surface area contributed by atoms with E-state index in [1.54, 1.807) is 28.8 Å². The minimum Gasteiger partial charge on any atom is -0.484 e. The Balaban J connectivity index is 1.47. The van der Waals surface area contributed by atoms with Gasteiger partial charge in [0.15, 0.2) is 11.0 Å². The summed E-state index contributed by atoms with van der Waals surface area (Å²) in [5, 5.41) is 15.0. The zero-order chi connectivity index (χ0) is 28.8. The molecule has 0 radical (unpaired) electrons. The molecule has 2 heterocycles. The highest BCUT2D eigenvalue weighted by Gasteiger charge is 2.24. The fourth-order valence-corrected chi connectivity index (χ4v) is 6.05. The Morgan fingerprint density at radius 3 is 2.67 bits per heavy atom. The van der Waals surface area contributed by atoms with E-state index in [1.165, 1.54) is 30.2 Å². The number of thioether (sulfide) groups is 1. The largest absolute Gasteiger partial charge is 0.484 e. The quantitative estimate of drug-likeness (QED) is 0.108. The molecule has 0 spiro atoms. The van der Waals surface area contributed by atoms with Gasteiger partial charge in [0.1, 0.15) is 22.9 Å². The number of anilines is 1. The van der Waals surface area contributed by atoms with Crippen molar-refractivity contribution in [3.8, 4) is 16.9 Å². The van der Waals surface area contributed by atoms with Crippen molar-refractivity contribution in [2.24, 2.45) is 0 Å². The number of allylic oxidation sites excluding steroid dienone is 1. The number of aryl methyl sites for hydroxylation is 2. The van der Waals surface area contributed by atoms with Crippen LogP contribution in [0.25, 0.3) is 11.1 Å². The number of esters is 1. The van der Waals surface area contributed by atoms with Crippen LogP contribution in [0.2, 0.25) is 10.0 Å². The summed E-state index contributed by atoms with van der Waals surface area (Å²) in [6.07, 6.45) is 1.70. The van der Waals surface area contributed by atoms with Crippen LogP contribution in [-0.4, -0.2) is 39.5 Å². The third-order valence-electron chi connectivity index (χ3n) is 5.80. The lowest BCUT2D eigenvalue weighted by Crippen LogP contribution is -2.16. The van der Waals surface area contributed by atoms with E-state index in [2.05, 4.69) is 22.1 Å². The highest BCUT2D eigenvalue weighted by Crippen LogP contribution is 2.38. The van der Waals surface area contributed by atoms with Crippen molar-refractivity contribution in [3.63, 3.8) is 0 Å². The van der Waals surface area contributed by atoms with Crippen LogP contribution in [-0.2, 0) is 22.7 Å². The molecule has 12 heteroatoms. The van der Waals surface area contributed by atoms with Crippen molar-refractivity contribution in [2.75, 3.05) is 18.2 Å². The standard InChI is InChI=1S/C28H26Cl2N4O4S2/c1-5-10-34-23(13-38-22-9-8-18(29)12-21(22)30)32-33-28(34)40-15-24(35)31-26-25(27(36)37-4)20(14-39-26)19-11-16(2)6-7-17(19)3/h5-9,11-12,14H,1,10,13,15H2,2-4H3,(H,31,35). The van der Waals surface area contributed by atoms with Crippen LogP contribution < -0.4 is 10.1 Å². The van der Waals surface area contributed by atoms with Crippen molar-refractivity contribution in [1.82, 2.24) is 14.8 Å². The lowest BCUT2D eigenvalue weighted by atomic mass is 9.97. The minimum atomic E-state index is -0.517. The lowest BCUT2D eigenvalue weighted by molar-refractivity contribution is -0.113. The first-order chi connectivity index (χ1) is 19.2. The summed E-state index contributed by atoms with van der Waals surface area (Å²) >= 11 is 14.6. The number of carbonyl (C=O) groups is 2. The highest BCUT2D eigenvalue weighted by molar-refractivity contribution is 7.99. The van der Waals surface area contributed by atoms with E-state index < -0.39 is 5.97 Å². The van der Waals surface area contributed by atoms with Gasteiger partial charge >= 0.3 is 5.97 Å². The Labute approximate surface area is 250 Å². The van der Waals surface area contributed by atoms with Crippen LogP contribution in [0.1, 0.15) is 27.3 Å². The number of thiophene rings is 1. The van der Waals surface area contributed by atoms with Gasteiger partial charge in [0.2, 0.25) is 5.91 Å². The molecule has 2 aromatic heterocycles. The van der Waals surface area contributed by atoms with E-state index in [-0.39, 0.29) is 18.3 Å². The Morgan fingerprint density at radius 1 is 1.15 bits per heavy atom. The van der Waals surface area contributed by atoms with Gasteiger partial charge in [0.05, 0.1) is 17.9 Å². The Bertz CT molecular complexity index is 1570. The normalized spacial score (nSPS) is 10.8. The molecule has 1 N–H and O–H groups in total. The smallest absolute Gasteiger partial charge is 0.341 e. The molecular formula is C28H26Cl2N4O4S2. The number of nitrogens with one attached hydrogen (secondary N) is 1. The summed E-state index contributed by atoms with van der Waals surface area (Å²) < 4.78 is 12.7. The van der Waals surface area contributed by atoms with Crippen molar-refractivity contribution in [2.45, 2.75) is 32.2 Å². The molecule has 208 valence electrons. The van der Waals surface area contributed by atoms with Gasteiger partial charge in [-0.15, -0.1) is 28.1 Å². The zero-order valence-corrected chi connectivity index (χ0v) is 25.1. The second-order valence-electron chi connectivity index (χ2n) is 8.66. The average Bonchev–Trinajstić information content (AvgIpc) is 3.52. The molecule has 2 aromatic carbocycles. The van der Waals surface area contributed by atoms with Gasteiger partial charge in [0, 0.05) is 22.5 Å². The van der Waals surface area contributed by atoms with Crippen LogP contribution in [0, 0.1) is 13.8 Å². The van der Waals surface area contributed by atoms with Gasteiger partial charge in [0.25, 0.3) is 0 Å². The predicted molar refractivity (Wildman–Crippen MR) is 161 cm³/mol. The van der Waals surface area contributed by atoms with Crippen LogP contribution in [0.15, 0.2) is 59.6 Å². The average molecular weight is 618 g/mol. The molecule has 0 saturated carbocycles. The maximum atomic E-state index is 13.0. The van der Waals surface area contributed by atoms with Crippen molar-refractivity contribution in [1.29, 1.82) is 0 Å². The summed E-state index contributed by atoms with van der Waals surface area (Å²) in [4.78, 5) is 25.7. The summed E-state index contributed by atoms with van der Waals surface area (Å²) in [6.45, 7) is 8.29. The number of methoxy groups -OCH3 is 1. The minimum absolute atomic E-state index is 0.0382. The van der Waals surface area contributed by atoms with Gasteiger partial charge in [-0.3, -0.25) is 9.36 Å². The highest BCUT2D eigenvalue weighted by atomic mass is 35.5. The molecule has 0 aliphatic heterocycles. The number of rotatable bonds is 11. The zero-order valence-electron chi connectivity index (χ0n) is 22.0. The second kappa shape index (κ2) is 13.4. The van der Waals surface area contributed by atoms with Crippen LogP contribution in [0.4, 0.5) is 5.00 Å². The van der Waals surface area contributed by atoms with Gasteiger partial charge in [-0.25, -0.2) is 4.79 Å². The molecule has 1 amide bonds. The molecule has 0 atom stereocenters. The fourth-order valence-electron chi connectivity index (χ4n) is 3.85. The number of hydrogen-bond acceptors (Lipinski definition) is 8. The molecule has 0 unspecified atom stereocenters. The maximum absolute atomic E-state index is 13.0. The molecule has 4 rings (SSSR count). The van der Waals surface area contributed by atoms with Crippen molar-refractivity contribution < 1.29 is 19.1 Å². The Morgan fingerprint density at radius 2 is 1.95 bits per heavy atom. The van der Waals surface area contributed by atoms with E-state index in [9.17, 15) is 9.59 Å². The first-order valence-corrected chi connectivity index (χ1v) is 14.6. The number of hydrogen-bond donors (Lipinski definition) is 1. The van der Waals surface area contributed by atoms with Gasteiger partial charge in [-0.1, -0.05) is 64.8 Å². The topological polar surface area (TPSA) is 95.3 Å². The van der Waals surface area contributed by atoms with Crippen molar-refractivity contribution >= 4 is 63.2 Å². The third-order valence-corrected chi connectivity index (χ3v) is 8.20. The molecule has 4 aromatic rings. The molecule has 0 fully saturated rings. The van der Waals surface area contributed by atoms with Crippen LogP contribution in [0.3, 0.4) is 0 Å². The van der Waals surface area contributed by atoms with E-state index in [0.29, 0.717) is 43.9 Å². The lowest BCUT2D eigenvalue weighted by Gasteiger charge is -2.11. The van der Waals surface area contributed by atoms with E-state index in [4.69, 9.17) is 32.7 Å². The Hall–Kier alpha value is -3.31. The molecule has 0 bridgehead atoms. The van der Waals surface area contributed by atoms with E-state index >= 15 is 0 Å². The molecule has 0 aliphatic rings. The van der Waals surface area contributed by atoms with Crippen LogP contribution in [0.5, 0.6) is 5.75 Å². The third kappa shape index (κ3) is 6.87. The van der Waals surface area contributed by atoms with Gasteiger partial charge in [-0.05, 0) is 43.2 Å². The number of ether oxygens (including phenoxy) is 2. The monoisotopic (exact) mass is 616 g/mol. The summed E-state index contributed by atoms with van der Waals surface area (Å²) in [7, 11) is 1.32. The summed E-state index contributed by atoms with van der Waals surface area (Å²) in [6, 6.07) is 11.0. The first-order valence-electron chi connectivity index (χ1n) is 12.0. The summed E-state index contributed by atoms with van der Waals surface area (Å²) in [5.74, 6) is 0.222. The number of halogens is 2.